The van der Waals surface area contributed by atoms with Gasteiger partial charge in [-0.25, -0.2) is 13.2 Å². The van der Waals surface area contributed by atoms with Crippen LogP contribution in [0, 0.1) is 12.8 Å². The molecule has 0 fully saturated rings. The number of nitrogen functional groups attached to an aromatic ring is 1. The Kier molecular flexibility index (Phi) is 9.15. The number of hydrogen-bond acceptors (Lipinski definition) is 7. The largest absolute Gasteiger partial charge is 0.454 e. The van der Waals surface area contributed by atoms with Crippen LogP contribution in [0.25, 0.3) is 0 Å². The van der Waals surface area contributed by atoms with E-state index in [2.05, 4.69) is 0 Å². The molecule has 1 unspecified atom stereocenters. The van der Waals surface area contributed by atoms with E-state index in [9.17, 15) is 18.3 Å². The molecular formula is C30H38N3O6S+. The van der Waals surface area contributed by atoms with Crippen molar-refractivity contribution in [1.29, 1.82) is 0 Å². The maximum Gasteiger partial charge on any atom is 0.344 e. The SMILES string of the molecule is Cc1c(N)cccc1C(=O)[NH+](C)[C@@H](Cc1ccccc1)[C@H](O)CN(CC(C)C)S(=O)(=O)c1ccc2c(c1)OCO2. The van der Waals surface area contributed by atoms with Gasteiger partial charge in [0.15, 0.2) is 11.5 Å². The highest BCUT2D eigenvalue weighted by Gasteiger charge is 2.37. The Hall–Kier alpha value is -3.44. The van der Waals surface area contributed by atoms with Gasteiger partial charge in [-0.1, -0.05) is 50.2 Å². The molecule has 0 spiro atoms. The van der Waals surface area contributed by atoms with Crippen LogP contribution >= 0.6 is 0 Å². The van der Waals surface area contributed by atoms with Crippen molar-refractivity contribution in [1.82, 2.24) is 4.31 Å². The second-order valence-corrected chi connectivity index (χ2v) is 12.6. The van der Waals surface area contributed by atoms with E-state index in [4.69, 9.17) is 15.2 Å². The molecule has 0 radical (unpaired) electrons. The number of aliphatic hydroxyl groups is 1. The van der Waals surface area contributed by atoms with Crippen LogP contribution in [0.2, 0.25) is 0 Å². The minimum atomic E-state index is -4.00. The normalized spacial score (nSPS) is 15.3. The molecule has 10 heteroatoms. The second kappa shape index (κ2) is 12.4. The predicted molar refractivity (Wildman–Crippen MR) is 153 cm³/mol. The summed E-state index contributed by atoms with van der Waals surface area (Å²) in [5.41, 5.74) is 8.65. The maximum atomic E-state index is 13.8. The van der Waals surface area contributed by atoms with Crippen LogP contribution in [-0.2, 0) is 16.4 Å². The number of sulfonamides is 1. The third-order valence-corrected chi connectivity index (χ3v) is 9.07. The first-order valence-electron chi connectivity index (χ1n) is 13.3. The van der Waals surface area contributed by atoms with Crippen LogP contribution in [-0.4, -0.2) is 62.8 Å². The lowest BCUT2D eigenvalue weighted by atomic mass is 9.98. The number of benzene rings is 3. The average molecular weight is 569 g/mol. The summed E-state index contributed by atoms with van der Waals surface area (Å²) in [4.78, 5) is 14.2. The number of nitrogens with one attached hydrogen (secondary N) is 1. The van der Waals surface area contributed by atoms with Crippen LogP contribution in [0.4, 0.5) is 5.69 Å². The lowest BCUT2D eigenvalue weighted by Crippen LogP contribution is -3.17. The molecule has 3 aromatic carbocycles. The van der Waals surface area contributed by atoms with Gasteiger partial charge in [0.25, 0.3) is 0 Å². The van der Waals surface area contributed by atoms with Gasteiger partial charge in [0, 0.05) is 31.3 Å². The van der Waals surface area contributed by atoms with Crippen LogP contribution in [0.15, 0.2) is 71.6 Å². The van der Waals surface area contributed by atoms with Gasteiger partial charge < -0.3 is 20.3 Å². The molecule has 4 N–H and O–H groups in total. The topological polar surface area (TPSA) is 124 Å². The molecule has 3 aromatic rings. The number of ether oxygens (including phenoxy) is 2. The van der Waals surface area contributed by atoms with Crippen LogP contribution in [0.5, 0.6) is 11.5 Å². The zero-order valence-electron chi connectivity index (χ0n) is 23.3. The first kappa shape index (κ1) is 29.5. The molecule has 0 bridgehead atoms. The molecule has 0 aromatic heterocycles. The third kappa shape index (κ3) is 6.47. The Labute approximate surface area is 236 Å². The van der Waals surface area contributed by atoms with Crippen molar-refractivity contribution in [3.05, 3.63) is 83.4 Å². The van der Waals surface area contributed by atoms with Crippen molar-refractivity contribution in [2.75, 3.05) is 32.7 Å². The lowest BCUT2D eigenvalue weighted by Gasteiger charge is -2.32. The Morgan fingerprint density at radius 3 is 2.42 bits per heavy atom. The molecule has 1 aliphatic heterocycles. The average Bonchev–Trinajstić information content (AvgIpc) is 3.40. The highest BCUT2D eigenvalue weighted by Crippen LogP contribution is 2.34. The van der Waals surface area contributed by atoms with Gasteiger partial charge in [0.2, 0.25) is 16.8 Å². The Morgan fingerprint density at radius 2 is 1.73 bits per heavy atom. The molecule has 40 heavy (non-hydrogen) atoms. The third-order valence-electron chi connectivity index (χ3n) is 7.24. The number of amides is 1. The zero-order valence-corrected chi connectivity index (χ0v) is 24.1. The van der Waals surface area contributed by atoms with E-state index in [-0.39, 0.29) is 36.6 Å². The summed E-state index contributed by atoms with van der Waals surface area (Å²) in [5.74, 6) is 0.613. The smallest absolute Gasteiger partial charge is 0.344 e. The highest BCUT2D eigenvalue weighted by atomic mass is 32.2. The van der Waals surface area contributed by atoms with Gasteiger partial charge in [-0.15, -0.1) is 0 Å². The summed E-state index contributed by atoms with van der Waals surface area (Å²) in [6.07, 6.45) is -0.798. The fourth-order valence-corrected chi connectivity index (χ4v) is 6.56. The van der Waals surface area contributed by atoms with E-state index in [1.807, 2.05) is 44.2 Å². The van der Waals surface area contributed by atoms with Crippen LogP contribution < -0.4 is 20.1 Å². The van der Waals surface area contributed by atoms with Gasteiger partial charge in [0.05, 0.1) is 17.5 Å². The number of nitrogens with zero attached hydrogens (tertiary/aromatic N) is 1. The molecular weight excluding hydrogens is 530 g/mol. The summed E-state index contributed by atoms with van der Waals surface area (Å²) < 4.78 is 39.7. The lowest BCUT2D eigenvalue weighted by molar-refractivity contribution is -0.825. The number of anilines is 1. The second-order valence-electron chi connectivity index (χ2n) is 10.6. The number of carbonyl (C=O) groups excluding carboxylic acids is 1. The molecule has 1 amide bonds. The number of quaternary nitrogens is 1. The highest BCUT2D eigenvalue weighted by molar-refractivity contribution is 7.89. The van der Waals surface area contributed by atoms with Gasteiger partial charge in [-0.05, 0) is 48.2 Å². The predicted octanol–water partition coefficient (Wildman–Crippen LogP) is 2.28. The molecule has 0 saturated heterocycles. The van der Waals surface area contributed by atoms with Gasteiger partial charge in [-0.3, -0.25) is 4.90 Å². The molecule has 0 saturated carbocycles. The van der Waals surface area contributed by atoms with Crippen molar-refractivity contribution in [2.24, 2.45) is 5.92 Å². The number of fused-ring (bicyclic) bond motifs is 1. The molecule has 0 aliphatic carbocycles. The molecule has 3 atom stereocenters. The fraction of sp³-hybridized carbons (Fsp3) is 0.367. The summed E-state index contributed by atoms with van der Waals surface area (Å²) in [6, 6.07) is 18.6. The number of rotatable bonds is 11. The van der Waals surface area contributed by atoms with E-state index in [0.717, 1.165) is 5.56 Å². The Bertz CT molecular complexity index is 1450. The van der Waals surface area contributed by atoms with Gasteiger partial charge >= 0.3 is 5.91 Å². The number of hydrogen-bond donors (Lipinski definition) is 3. The molecule has 4 rings (SSSR count). The molecule has 9 nitrogen and oxygen atoms in total. The molecule has 214 valence electrons. The summed E-state index contributed by atoms with van der Waals surface area (Å²) in [6.45, 7) is 5.66. The van der Waals surface area contributed by atoms with E-state index in [1.54, 1.807) is 38.2 Å². The maximum absolute atomic E-state index is 13.8. The summed E-state index contributed by atoms with van der Waals surface area (Å²) >= 11 is 0. The van der Waals surface area contributed by atoms with Crippen LogP contribution in [0.1, 0.15) is 35.3 Å². The van der Waals surface area contributed by atoms with E-state index in [1.165, 1.54) is 16.4 Å². The van der Waals surface area contributed by atoms with E-state index < -0.39 is 22.2 Å². The number of carbonyl (C=O) groups is 1. The minimum absolute atomic E-state index is 0.00906. The standard InChI is InChI=1S/C30H37N3O6S/c1-20(2)17-33(40(36,37)23-13-14-28-29(16-23)39-19-38-28)18-27(34)26(15-22-9-6-5-7-10-22)32(4)30(35)24-11-8-12-25(31)21(24)3/h5-14,16,20,26-27,34H,15,17-19,31H2,1-4H3/p+1/t26-,27+/m0/s1. The Morgan fingerprint density at radius 1 is 1.02 bits per heavy atom. The van der Waals surface area contributed by atoms with Crippen molar-refractivity contribution >= 4 is 21.6 Å². The van der Waals surface area contributed by atoms with E-state index in [0.29, 0.717) is 39.6 Å². The number of aliphatic hydroxyl groups excluding tert-OH is 1. The van der Waals surface area contributed by atoms with Gasteiger partial charge in [0.1, 0.15) is 12.1 Å². The van der Waals surface area contributed by atoms with Crippen molar-refractivity contribution in [3.63, 3.8) is 0 Å². The van der Waals surface area contributed by atoms with Crippen molar-refractivity contribution in [3.8, 4) is 11.5 Å². The number of nitrogens with two attached hydrogens (primary N) is 1. The Balaban J connectivity index is 1.66. The zero-order chi connectivity index (χ0) is 29.0. The van der Waals surface area contributed by atoms with Crippen molar-refractivity contribution < 1.29 is 32.7 Å². The first-order valence-corrected chi connectivity index (χ1v) is 14.8. The molecule has 1 heterocycles. The van der Waals surface area contributed by atoms with Crippen LogP contribution in [0.3, 0.4) is 0 Å². The van der Waals surface area contributed by atoms with Gasteiger partial charge in [-0.2, -0.15) is 4.31 Å². The quantitative estimate of drug-likeness (QED) is 0.303. The summed E-state index contributed by atoms with van der Waals surface area (Å²) in [5, 5.41) is 11.7. The minimum Gasteiger partial charge on any atom is -0.454 e. The fourth-order valence-electron chi connectivity index (χ4n) is 4.93. The first-order chi connectivity index (χ1) is 19.0. The monoisotopic (exact) mass is 568 g/mol. The van der Waals surface area contributed by atoms with E-state index >= 15 is 0 Å². The van der Waals surface area contributed by atoms with Crippen molar-refractivity contribution in [2.45, 2.75) is 44.2 Å². The molecule has 1 aliphatic rings. The summed E-state index contributed by atoms with van der Waals surface area (Å²) in [7, 11) is -2.29. The number of likely N-dealkylation sites (N-methyl/N-ethyl adjacent to an activating group) is 1.